The number of hydrogen-bond donors (Lipinski definition) is 2. The minimum absolute atomic E-state index is 0.0827. The van der Waals surface area contributed by atoms with Crippen molar-refractivity contribution in [2.24, 2.45) is 5.92 Å². The number of amides is 1. The summed E-state index contributed by atoms with van der Waals surface area (Å²) in [6.07, 6.45) is 4.17. The van der Waals surface area contributed by atoms with Gasteiger partial charge >= 0.3 is 0 Å². The van der Waals surface area contributed by atoms with Crippen molar-refractivity contribution in [3.63, 3.8) is 0 Å². The number of ether oxygens (including phenoxy) is 1. The number of carbonyl (C=O) groups excluding carboxylic acids is 1. The second kappa shape index (κ2) is 8.48. The van der Waals surface area contributed by atoms with Gasteiger partial charge in [0.05, 0.1) is 6.61 Å². The van der Waals surface area contributed by atoms with Crippen molar-refractivity contribution in [1.29, 1.82) is 0 Å². The minimum Gasteiger partial charge on any atom is -0.381 e. The standard InChI is InChI=1S/C13H26N2O2/c1-11(2)15-13(16)6-9-17-8-5-12-4-3-7-14-10-12/h11-12,14H,3-10H2,1-2H3,(H,15,16). The lowest BCUT2D eigenvalue weighted by Crippen LogP contribution is -2.31. The molecule has 1 unspecified atom stereocenters. The smallest absolute Gasteiger partial charge is 0.222 e. The van der Waals surface area contributed by atoms with Crippen LogP contribution in [0.2, 0.25) is 0 Å². The van der Waals surface area contributed by atoms with Crippen LogP contribution < -0.4 is 10.6 Å². The van der Waals surface area contributed by atoms with Crippen molar-refractivity contribution in [2.75, 3.05) is 26.3 Å². The van der Waals surface area contributed by atoms with Crippen LogP contribution in [-0.2, 0) is 9.53 Å². The van der Waals surface area contributed by atoms with E-state index >= 15 is 0 Å². The van der Waals surface area contributed by atoms with Gasteiger partial charge in [-0.05, 0) is 52.1 Å². The molecule has 100 valence electrons. The van der Waals surface area contributed by atoms with E-state index in [0.29, 0.717) is 13.0 Å². The summed E-state index contributed by atoms with van der Waals surface area (Å²) in [7, 11) is 0. The van der Waals surface area contributed by atoms with Gasteiger partial charge < -0.3 is 15.4 Å². The fraction of sp³-hybridized carbons (Fsp3) is 0.923. The normalized spacial score (nSPS) is 20.5. The van der Waals surface area contributed by atoms with E-state index in [1.807, 2.05) is 13.8 Å². The first kappa shape index (κ1) is 14.5. The van der Waals surface area contributed by atoms with Crippen molar-refractivity contribution in [3.05, 3.63) is 0 Å². The lowest BCUT2D eigenvalue weighted by molar-refractivity contribution is -0.122. The zero-order valence-corrected chi connectivity index (χ0v) is 11.1. The van der Waals surface area contributed by atoms with E-state index in [4.69, 9.17) is 4.74 Å². The van der Waals surface area contributed by atoms with Crippen LogP contribution in [0.4, 0.5) is 0 Å². The monoisotopic (exact) mass is 242 g/mol. The molecule has 4 nitrogen and oxygen atoms in total. The first-order chi connectivity index (χ1) is 8.18. The molecule has 1 amide bonds. The molecule has 2 N–H and O–H groups in total. The number of piperidine rings is 1. The van der Waals surface area contributed by atoms with Gasteiger partial charge in [0.1, 0.15) is 0 Å². The van der Waals surface area contributed by atoms with Gasteiger partial charge in [0.25, 0.3) is 0 Å². The highest BCUT2D eigenvalue weighted by Gasteiger charge is 2.12. The van der Waals surface area contributed by atoms with Crippen molar-refractivity contribution < 1.29 is 9.53 Å². The topological polar surface area (TPSA) is 50.4 Å². The van der Waals surface area contributed by atoms with Gasteiger partial charge in [-0.15, -0.1) is 0 Å². The predicted molar refractivity (Wildman–Crippen MR) is 68.9 cm³/mol. The summed E-state index contributed by atoms with van der Waals surface area (Å²) in [6.45, 7) is 7.54. The van der Waals surface area contributed by atoms with Gasteiger partial charge in [-0.25, -0.2) is 0 Å². The molecule has 1 heterocycles. The van der Waals surface area contributed by atoms with E-state index in [-0.39, 0.29) is 11.9 Å². The Balaban J connectivity index is 1.91. The van der Waals surface area contributed by atoms with Gasteiger partial charge in [-0.1, -0.05) is 0 Å². The van der Waals surface area contributed by atoms with Gasteiger partial charge in [0.15, 0.2) is 0 Å². The Bertz CT molecular complexity index is 213. The summed E-state index contributed by atoms with van der Waals surface area (Å²) in [5.41, 5.74) is 0. The molecule has 0 aromatic heterocycles. The van der Waals surface area contributed by atoms with E-state index in [0.717, 1.165) is 32.0 Å². The third-order valence-corrected chi connectivity index (χ3v) is 2.99. The molecular weight excluding hydrogens is 216 g/mol. The van der Waals surface area contributed by atoms with E-state index in [1.165, 1.54) is 12.8 Å². The molecule has 0 saturated carbocycles. The summed E-state index contributed by atoms with van der Waals surface area (Å²) in [5.74, 6) is 0.840. The molecule has 0 aromatic carbocycles. The Labute approximate surface area is 104 Å². The fourth-order valence-corrected chi connectivity index (χ4v) is 2.08. The first-order valence-electron chi connectivity index (χ1n) is 6.76. The third-order valence-electron chi connectivity index (χ3n) is 2.99. The molecule has 17 heavy (non-hydrogen) atoms. The van der Waals surface area contributed by atoms with Crippen LogP contribution in [0.5, 0.6) is 0 Å². The summed E-state index contributed by atoms with van der Waals surface area (Å²) in [5, 5.41) is 6.25. The van der Waals surface area contributed by atoms with Crippen LogP contribution in [0, 0.1) is 5.92 Å². The number of rotatable bonds is 7. The average molecular weight is 242 g/mol. The molecule has 1 atom stereocenters. The maximum atomic E-state index is 11.3. The minimum atomic E-state index is 0.0827. The number of hydrogen-bond acceptors (Lipinski definition) is 3. The highest BCUT2D eigenvalue weighted by Crippen LogP contribution is 2.13. The number of nitrogens with one attached hydrogen (secondary N) is 2. The molecule has 1 aliphatic rings. The van der Waals surface area contributed by atoms with Gasteiger partial charge in [0, 0.05) is 19.1 Å². The maximum Gasteiger partial charge on any atom is 0.222 e. The number of carbonyl (C=O) groups is 1. The van der Waals surface area contributed by atoms with Crippen molar-refractivity contribution >= 4 is 5.91 Å². The second-order valence-electron chi connectivity index (χ2n) is 5.09. The van der Waals surface area contributed by atoms with Crippen LogP contribution in [0.15, 0.2) is 0 Å². The molecule has 0 aliphatic carbocycles. The summed E-state index contributed by atoms with van der Waals surface area (Å²) in [6, 6.07) is 0.218. The molecule has 1 rings (SSSR count). The van der Waals surface area contributed by atoms with Crippen LogP contribution in [0.1, 0.15) is 39.5 Å². The molecule has 1 fully saturated rings. The SMILES string of the molecule is CC(C)NC(=O)CCOCCC1CCCNC1. The predicted octanol–water partition coefficient (Wildman–Crippen LogP) is 1.31. The Kier molecular flexibility index (Phi) is 7.21. The zero-order valence-electron chi connectivity index (χ0n) is 11.1. The lowest BCUT2D eigenvalue weighted by atomic mass is 9.97. The third kappa shape index (κ3) is 7.34. The Morgan fingerprint density at radius 3 is 2.94 bits per heavy atom. The maximum absolute atomic E-state index is 11.3. The molecule has 1 aliphatic heterocycles. The Morgan fingerprint density at radius 2 is 2.29 bits per heavy atom. The van der Waals surface area contributed by atoms with Crippen molar-refractivity contribution in [1.82, 2.24) is 10.6 Å². The van der Waals surface area contributed by atoms with Gasteiger partial charge in [-0.3, -0.25) is 4.79 Å². The zero-order chi connectivity index (χ0) is 12.5. The Morgan fingerprint density at radius 1 is 1.47 bits per heavy atom. The molecule has 0 aromatic rings. The van der Waals surface area contributed by atoms with Crippen LogP contribution in [0.3, 0.4) is 0 Å². The molecular formula is C13H26N2O2. The Hall–Kier alpha value is -0.610. The molecule has 1 saturated heterocycles. The quantitative estimate of drug-likeness (QED) is 0.662. The first-order valence-corrected chi connectivity index (χ1v) is 6.76. The highest BCUT2D eigenvalue weighted by molar-refractivity contribution is 5.76. The van der Waals surface area contributed by atoms with Crippen LogP contribution in [-0.4, -0.2) is 38.3 Å². The summed E-state index contributed by atoms with van der Waals surface area (Å²) < 4.78 is 5.50. The molecule has 0 spiro atoms. The lowest BCUT2D eigenvalue weighted by Gasteiger charge is -2.22. The van der Waals surface area contributed by atoms with Gasteiger partial charge in [0.2, 0.25) is 5.91 Å². The highest BCUT2D eigenvalue weighted by atomic mass is 16.5. The fourth-order valence-electron chi connectivity index (χ4n) is 2.08. The van der Waals surface area contributed by atoms with Crippen LogP contribution >= 0.6 is 0 Å². The summed E-state index contributed by atoms with van der Waals surface area (Å²) in [4.78, 5) is 11.3. The van der Waals surface area contributed by atoms with Crippen LogP contribution in [0.25, 0.3) is 0 Å². The van der Waals surface area contributed by atoms with E-state index in [9.17, 15) is 4.79 Å². The average Bonchev–Trinajstić information content (AvgIpc) is 2.29. The van der Waals surface area contributed by atoms with Gasteiger partial charge in [-0.2, -0.15) is 0 Å². The van der Waals surface area contributed by atoms with E-state index < -0.39 is 0 Å². The largest absolute Gasteiger partial charge is 0.381 e. The molecule has 0 bridgehead atoms. The van der Waals surface area contributed by atoms with E-state index in [2.05, 4.69) is 10.6 Å². The van der Waals surface area contributed by atoms with E-state index in [1.54, 1.807) is 0 Å². The second-order valence-corrected chi connectivity index (χ2v) is 5.09. The van der Waals surface area contributed by atoms with Crippen molar-refractivity contribution in [2.45, 2.75) is 45.6 Å². The molecule has 0 radical (unpaired) electrons. The molecule has 4 heteroatoms. The summed E-state index contributed by atoms with van der Waals surface area (Å²) >= 11 is 0. The van der Waals surface area contributed by atoms with Crippen molar-refractivity contribution in [3.8, 4) is 0 Å².